The summed E-state index contributed by atoms with van der Waals surface area (Å²) in [5.74, 6) is 0. The van der Waals surface area contributed by atoms with Crippen molar-refractivity contribution in [3.05, 3.63) is 46.8 Å². The van der Waals surface area contributed by atoms with Crippen molar-refractivity contribution in [1.82, 2.24) is 15.1 Å². The number of hydrogen-bond donors (Lipinski definition) is 1. The molecule has 0 saturated carbocycles. The molecular formula is C16H23N3O. The number of ether oxygens (including phenoxy) is 1. The van der Waals surface area contributed by atoms with Crippen molar-refractivity contribution in [2.75, 3.05) is 20.3 Å². The van der Waals surface area contributed by atoms with Crippen LogP contribution in [-0.4, -0.2) is 30.0 Å². The molecule has 1 aromatic carbocycles. The fourth-order valence-corrected chi connectivity index (χ4v) is 2.13. The summed E-state index contributed by atoms with van der Waals surface area (Å²) in [6, 6.07) is 6.43. The van der Waals surface area contributed by atoms with Crippen LogP contribution in [0.25, 0.3) is 5.69 Å². The number of aromatic nitrogens is 2. The average molecular weight is 273 g/mol. The summed E-state index contributed by atoms with van der Waals surface area (Å²) in [5, 5.41) is 7.85. The zero-order valence-electron chi connectivity index (χ0n) is 12.7. The van der Waals surface area contributed by atoms with E-state index in [4.69, 9.17) is 4.74 Å². The zero-order valence-corrected chi connectivity index (χ0v) is 12.7. The third-order valence-electron chi connectivity index (χ3n) is 3.64. The van der Waals surface area contributed by atoms with Gasteiger partial charge in [0.25, 0.3) is 0 Å². The van der Waals surface area contributed by atoms with Crippen molar-refractivity contribution in [2.24, 2.45) is 0 Å². The molecule has 4 heteroatoms. The van der Waals surface area contributed by atoms with Gasteiger partial charge in [-0.25, -0.2) is 4.68 Å². The summed E-state index contributed by atoms with van der Waals surface area (Å²) in [6.45, 7) is 8.76. The average Bonchev–Trinajstić information content (AvgIpc) is 2.80. The lowest BCUT2D eigenvalue weighted by atomic mass is 10.1. The largest absolute Gasteiger partial charge is 0.383 e. The summed E-state index contributed by atoms with van der Waals surface area (Å²) >= 11 is 0. The lowest BCUT2D eigenvalue weighted by molar-refractivity contribution is 0.199. The maximum atomic E-state index is 5.03. The number of hydrogen-bond acceptors (Lipinski definition) is 3. The van der Waals surface area contributed by atoms with Crippen molar-refractivity contribution in [3.8, 4) is 5.69 Å². The third-order valence-corrected chi connectivity index (χ3v) is 3.64. The van der Waals surface area contributed by atoms with Gasteiger partial charge in [0.1, 0.15) is 0 Å². The van der Waals surface area contributed by atoms with Gasteiger partial charge in [-0.05, 0) is 44.0 Å². The highest BCUT2D eigenvalue weighted by atomic mass is 16.5. The topological polar surface area (TPSA) is 39.1 Å². The van der Waals surface area contributed by atoms with E-state index in [-0.39, 0.29) is 0 Å². The van der Waals surface area contributed by atoms with Gasteiger partial charge < -0.3 is 10.1 Å². The van der Waals surface area contributed by atoms with Crippen LogP contribution in [0.2, 0.25) is 0 Å². The highest BCUT2D eigenvalue weighted by Crippen LogP contribution is 2.17. The van der Waals surface area contributed by atoms with Crippen molar-refractivity contribution < 1.29 is 4.74 Å². The number of aryl methyl sites for hydroxylation is 2. The van der Waals surface area contributed by atoms with Crippen LogP contribution in [0, 0.1) is 20.8 Å². The van der Waals surface area contributed by atoms with Gasteiger partial charge in [-0.15, -0.1) is 0 Å². The van der Waals surface area contributed by atoms with Crippen molar-refractivity contribution in [3.63, 3.8) is 0 Å². The van der Waals surface area contributed by atoms with Crippen LogP contribution in [0.5, 0.6) is 0 Å². The van der Waals surface area contributed by atoms with Gasteiger partial charge in [-0.3, -0.25) is 0 Å². The monoisotopic (exact) mass is 273 g/mol. The van der Waals surface area contributed by atoms with E-state index in [0.29, 0.717) is 0 Å². The molecule has 0 unspecified atom stereocenters. The van der Waals surface area contributed by atoms with Crippen LogP contribution in [0.3, 0.4) is 0 Å². The molecule has 0 saturated heterocycles. The van der Waals surface area contributed by atoms with Crippen molar-refractivity contribution >= 4 is 0 Å². The molecule has 0 radical (unpaired) electrons. The number of benzene rings is 1. The highest BCUT2D eigenvalue weighted by molar-refractivity contribution is 5.41. The minimum absolute atomic E-state index is 0.727. The molecule has 0 bridgehead atoms. The number of nitrogens with one attached hydrogen (secondary N) is 1. The normalized spacial score (nSPS) is 11.0. The molecule has 108 valence electrons. The van der Waals surface area contributed by atoms with E-state index >= 15 is 0 Å². The molecule has 0 spiro atoms. The minimum atomic E-state index is 0.727. The third kappa shape index (κ3) is 3.26. The molecule has 2 aromatic rings. The quantitative estimate of drug-likeness (QED) is 0.822. The summed E-state index contributed by atoms with van der Waals surface area (Å²) in [7, 11) is 1.71. The van der Waals surface area contributed by atoms with Gasteiger partial charge in [0.15, 0.2) is 0 Å². The predicted octanol–water partition coefficient (Wildman–Crippen LogP) is 2.53. The number of nitrogens with zero attached hydrogens (tertiary/aromatic N) is 2. The first-order chi connectivity index (χ1) is 9.63. The summed E-state index contributed by atoms with van der Waals surface area (Å²) in [5.41, 5.74) is 6.11. The Hall–Kier alpha value is -1.65. The second kappa shape index (κ2) is 6.68. The molecule has 0 aliphatic heterocycles. The maximum Gasteiger partial charge on any atom is 0.0651 e. The SMILES string of the molecule is COCCNCc1cnn(-c2ccc(C)c(C)c2)c1C. The van der Waals surface area contributed by atoms with Gasteiger partial charge in [0.2, 0.25) is 0 Å². The van der Waals surface area contributed by atoms with E-state index in [1.807, 2.05) is 10.9 Å². The van der Waals surface area contributed by atoms with Crippen LogP contribution in [-0.2, 0) is 11.3 Å². The Bertz CT molecular complexity index is 575. The van der Waals surface area contributed by atoms with Crippen LogP contribution in [0.1, 0.15) is 22.4 Å². The molecule has 0 fully saturated rings. The Morgan fingerprint density at radius 1 is 1.20 bits per heavy atom. The van der Waals surface area contributed by atoms with Crippen LogP contribution < -0.4 is 5.32 Å². The molecule has 0 atom stereocenters. The van der Waals surface area contributed by atoms with E-state index in [2.05, 4.69) is 49.4 Å². The molecule has 1 N–H and O–H groups in total. The van der Waals surface area contributed by atoms with Crippen molar-refractivity contribution in [1.29, 1.82) is 0 Å². The van der Waals surface area contributed by atoms with Crippen LogP contribution in [0.4, 0.5) is 0 Å². The molecule has 0 aliphatic rings. The molecule has 0 aliphatic carbocycles. The van der Waals surface area contributed by atoms with E-state index in [1.165, 1.54) is 22.4 Å². The van der Waals surface area contributed by atoms with Gasteiger partial charge in [-0.1, -0.05) is 6.07 Å². The number of rotatable bonds is 6. The van der Waals surface area contributed by atoms with Crippen molar-refractivity contribution in [2.45, 2.75) is 27.3 Å². The van der Waals surface area contributed by atoms with E-state index in [9.17, 15) is 0 Å². The first-order valence-corrected chi connectivity index (χ1v) is 6.94. The Balaban J connectivity index is 2.13. The first-order valence-electron chi connectivity index (χ1n) is 6.94. The molecule has 1 aromatic heterocycles. The Morgan fingerprint density at radius 3 is 2.70 bits per heavy atom. The lowest BCUT2D eigenvalue weighted by Crippen LogP contribution is -2.18. The summed E-state index contributed by atoms with van der Waals surface area (Å²) in [6.07, 6.45) is 1.93. The molecule has 0 amide bonds. The van der Waals surface area contributed by atoms with E-state index < -0.39 is 0 Å². The molecule has 20 heavy (non-hydrogen) atoms. The highest BCUT2D eigenvalue weighted by Gasteiger charge is 2.08. The summed E-state index contributed by atoms with van der Waals surface area (Å²) in [4.78, 5) is 0. The second-order valence-corrected chi connectivity index (χ2v) is 5.11. The summed E-state index contributed by atoms with van der Waals surface area (Å²) < 4.78 is 7.03. The predicted molar refractivity (Wildman–Crippen MR) is 81.4 cm³/mol. The van der Waals surface area contributed by atoms with Gasteiger partial charge in [0.05, 0.1) is 18.5 Å². The van der Waals surface area contributed by atoms with Crippen LogP contribution in [0.15, 0.2) is 24.4 Å². The van der Waals surface area contributed by atoms with Gasteiger partial charge in [0, 0.05) is 31.5 Å². The van der Waals surface area contributed by atoms with Gasteiger partial charge >= 0.3 is 0 Å². The fourth-order valence-electron chi connectivity index (χ4n) is 2.13. The molecule has 2 rings (SSSR count). The number of methoxy groups -OCH3 is 1. The Labute approximate surface area is 120 Å². The second-order valence-electron chi connectivity index (χ2n) is 5.11. The minimum Gasteiger partial charge on any atom is -0.383 e. The lowest BCUT2D eigenvalue weighted by Gasteiger charge is -2.08. The molecule has 1 heterocycles. The van der Waals surface area contributed by atoms with E-state index in [1.54, 1.807) is 7.11 Å². The smallest absolute Gasteiger partial charge is 0.0651 e. The Kier molecular flexibility index (Phi) is 4.93. The van der Waals surface area contributed by atoms with Gasteiger partial charge in [-0.2, -0.15) is 5.10 Å². The molecular weight excluding hydrogens is 250 g/mol. The fraction of sp³-hybridized carbons (Fsp3) is 0.438. The molecule has 4 nitrogen and oxygen atoms in total. The maximum absolute atomic E-state index is 5.03. The van der Waals surface area contributed by atoms with E-state index in [0.717, 1.165) is 25.4 Å². The van der Waals surface area contributed by atoms with Crippen LogP contribution >= 0.6 is 0 Å². The zero-order chi connectivity index (χ0) is 14.5. The standard InChI is InChI=1S/C16H23N3O/c1-12-5-6-16(9-13(12)2)19-14(3)15(11-18-19)10-17-7-8-20-4/h5-6,9,11,17H,7-8,10H2,1-4H3. The Morgan fingerprint density at radius 2 is 2.00 bits per heavy atom. The first kappa shape index (κ1) is 14.8.